The first kappa shape index (κ1) is 14.3. The zero-order valence-corrected chi connectivity index (χ0v) is 12.3. The van der Waals surface area contributed by atoms with Gasteiger partial charge in [0.1, 0.15) is 11.6 Å². The minimum absolute atomic E-state index is 0.534. The van der Waals surface area contributed by atoms with Gasteiger partial charge < -0.3 is 15.4 Å². The Morgan fingerprint density at radius 3 is 2.45 bits per heavy atom. The number of nitrogens with zero attached hydrogens (tertiary/aromatic N) is 2. The molecule has 0 atom stereocenters. The van der Waals surface area contributed by atoms with Crippen LogP contribution in [-0.2, 0) is 13.1 Å². The van der Waals surface area contributed by atoms with Gasteiger partial charge in [0.2, 0.25) is 0 Å². The summed E-state index contributed by atoms with van der Waals surface area (Å²) in [7, 11) is 3.71. The van der Waals surface area contributed by atoms with Crippen molar-refractivity contribution in [3.8, 4) is 5.75 Å². The van der Waals surface area contributed by atoms with Gasteiger partial charge in [0.05, 0.1) is 7.11 Å². The molecule has 0 amide bonds. The third kappa shape index (κ3) is 3.48. The summed E-state index contributed by atoms with van der Waals surface area (Å²) in [6.45, 7) is 3.32. The Kier molecular flexibility index (Phi) is 4.58. The van der Waals surface area contributed by atoms with Crippen molar-refractivity contribution in [1.29, 1.82) is 0 Å². The standard InChI is InChI=1S/C16H21N3O/c1-12-8-14(10-17)9-16(18-12)19(2)11-13-4-6-15(20-3)7-5-13/h4-9H,10-11,17H2,1-3H3. The Balaban J connectivity index is 2.14. The van der Waals surface area contributed by atoms with Gasteiger partial charge in [-0.25, -0.2) is 4.98 Å². The molecular weight excluding hydrogens is 250 g/mol. The average Bonchev–Trinajstić information content (AvgIpc) is 2.47. The molecule has 1 heterocycles. The van der Waals surface area contributed by atoms with E-state index in [1.165, 1.54) is 5.56 Å². The molecule has 4 nitrogen and oxygen atoms in total. The van der Waals surface area contributed by atoms with E-state index in [-0.39, 0.29) is 0 Å². The van der Waals surface area contributed by atoms with Crippen LogP contribution in [-0.4, -0.2) is 19.1 Å². The van der Waals surface area contributed by atoms with E-state index in [0.717, 1.165) is 29.4 Å². The smallest absolute Gasteiger partial charge is 0.129 e. The summed E-state index contributed by atoms with van der Waals surface area (Å²) in [5.41, 5.74) is 9.02. The molecule has 0 unspecified atom stereocenters. The van der Waals surface area contributed by atoms with Crippen molar-refractivity contribution < 1.29 is 4.74 Å². The van der Waals surface area contributed by atoms with Crippen molar-refractivity contribution in [2.45, 2.75) is 20.0 Å². The fourth-order valence-electron chi connectivity index (χ4n) is 2.12. The highest BCUT2D eigenvalue weighted by Gasteiger charge is 2.06. The van der Waals surface area contributed by atoms with Gasteiger partial charge in [0.15, 0.2) is 0 Å². The van der Waals surface area contributed by atoms with Crippen LogP contribution in [0.25, 0.3) is 0 Å². The number of rotatable bonds is 5. The molecule has 2 rings (SSSR count). The first-order chi connectivity index (χ1) is 9.62. The highest BCUT2D eigenvalue weighted by atomic mass is 16.5. The zero-order valence-electron chi connectivity index (χ0n) is 12.3. The van der Waals surface area contributed by atoms with Crippen LogP contribution in [0.3, 0.4) is 0 Å². The van der Waals surface area contributed by atoms with Crippen LogP contribution < -0.4 is 15.4 Å². The second-order valence-corrected chi connectivity index (χ2v) is 4.88. The van der Waals surface area contributed by atoms with E-state index in [9.17, 15) is 0 Å². The van der Waals surface area contributed by atoms with Gasteiger partial charge >= 0.3 is 0 Å². The number of anilines is 1. The molecule has 0 radical (unpaired) electrons. The monoisotopic (exact) mass is 271 g/mol. The Morgan fingerprint density at radius 1 is 1.15 bits per heavy atom. The largest absolute Gasteiger partial charge is 0.497 e. The van der Waals surface area contributed by atoms with Crippen molar-refractivity contribution in [3.63, 3.8) is 0 Å². The minimum atomic E-state index is 0.534. The van der Waals surface area contributed by atoms with E-state index in [0.29, 0.717) is 6.54 Å². The lowest BCUT2D eigenvalue weighted by molar-refractivity contribution is 0.414. The molecule has 0 fully saturated rings. The molecule has 0 spiro atoms. The number of nitrogens with two attached hydrogens (primary N) is 1. The molecule has 0 aliphatic rings. The summed E-state index contributed by atoms with van der Waals surface area (Å²) in [4.78, 5) is 6.68. The zero-order chi connectivity index (χ0) is 14.5. The minimum Gasteiger partial charge on any atom is -0.497 e. The maximum Gasteiger partial charge on any atom is 0.129 e. The predicted molar refractivity (Wildman–Crippen MR) is 82.0 cm³/mol. The number of methoxy groups -OCH3 is 1. The second kappa shape index (κ2) is 6.39. The van der Waals surface area contributed by atoms with E-state index in [4.69, 9.17) is 10.5 Å². The van der Waals surface area contributed by atoms with Gasteiger partial charge in [-0.1, -0.05) is 12.1 Å². The molecule has 2 N–H and O–H groups in total. The molecule has 106 valence electrons. The van der Waals surface area contributed by atoms with Crippen molar-refractivity contribution in [2.24, 2.45) is 5.73 Å². The van der Waals surface area contributed by atoms with Gasteiger partial charge in [-0.3, -0.25) is 0 Å². The third-order valence-corrected chi connectivity index (χ3v) is 3.21. The number of benzene rings is 1. The Bertz CT molecular complexity index is 566. The quantitative estimate of drug-likeness (QED) is 0.907. The molecule has 1 aromatic carbocycles. The molecule has 1 aromatic heterocycles. The molecule has 0 aliphatic heterocycles. The number of aromatic nitrogens is 1. The molecule has 0 saturated carbocycles. The molecule has 2 aromatic rings. The number of ether oxygens (including phenoxy) is 1. The summed E-state index contributed by atoms with van der Waals surface area (Å²) >= 11 is 0. The molecule has 20 heavy (non-hydrogen) atoms. The molecule has 4 heteroatoms. The lowest BCUT2D eigenvalue weighted by Crippen LogP contribution is -2.18. The van der Waals surface area contributed by atoms with Crippen molar-refractivity contribution in [2.75, 3.05) is 19.1 Å². The fourth-order valence-corrected chi connectivity index (χ4v) is 2.12. The lowest BCUT2D eigenvalue weighted by atomic mass is 10.2. The summed E-state index contributed by atoms with van der Waals surface area (Å²) < 4.78 is 5.16. The van der Waals surface area contributed by atoms with Crippen molar-refractivity contribution in [1.82, 2.24) is 4.98 Å². The van der Waals surface area contributed by atoms with E-state index in [2.05, 4.69) is 22.0 Å². The lowest BCUT2D eigenvalue weighted by Gasteiger charge is -2.19. The van der Waals surface area contributed by atoms with E-state index >= 15 is 0 Å². The second-order valence-electron chi connectivity index (χ2n) is 4.88. The molecular formula is C16H21N3O. The van der Waals surface area contributed by atoms with E-state index < -0.39 is 0 Å². The Hall–Kier alpha value is -2.07. The van der Waals surface area contributed by atoms with Crippen LogP contribution in [0.2, 0.25) is 0 Å². The highest BCUT2D eigenvalue weighted by molar-refractivity contribution is 5.43. The van der Waals surface area contributed by atoms with Crippen LogP contribution in [0.15, 0.2) is 36.4 Å². The number of pyridine rings is 1. The summed E-state index contributed by atoms with van der Waals surface area (Å²) in [5.74, 6) is 1.82. The van der Waals surface area contributed by atoms with Crippen LogP contribution in [0.1, 0.15) is 16.8 Å². The molecule has 0 bridgehead atoms. The summed E-state index contributed by atoms with van der Waals surface area (Å²) in [6.07, 6.45) is 0. The molecule has 0 saturated heterocycles. The van der Waals surface area contributed by atoms with Crippen molar-refractivity contribution in [3.05, 3.63) is 53.2 Å². The topological polar surface area (TPSA) is 51.4 Å². The maximum absolute atomic E-state index is 5.71. The average molecular weight is 271 g/mol. The van der Waals surface area contributed by atoms with Crippen LogP contribution in [0.4, 0.5) is 5.82 Å². The summed E-state index contributed by atoms with van der Waals surface area (Å²) in [6, 6.07) is 12.1. The number of hydrogen-bond acceptors (Lipinski definition) is 4. The van der Waals surface area contributed by atoms with Crippen LogP contribution in [0, 0.1) is 6.92 Å². The van der Waals surface area contributed by atoms with Gasteiger partial charge in [0.25, 0.3) is 0 Å². The Labute approximate surface area is 120 Å². The normalized spacial score (nSPS) is 10.4. The van der Waals surface area contributed by atoms with Gasteiger partial charge in [-0.05, 0) is 42.3 Å². The predicted octanol–water partition coefficient (Wildman–Crippen LogP) is 2.49. The third-order valence-electron chi connectivity index (χ3n) is 3.21. The van der Waals surface area contributed by atoms with Crippen LogP contribution >= 0.6 is 0 Å². The fraction of sp³-hybridized carbons (Fsp3) is 0.312. The first-order valence-corrected chi connectivity index (χ1v) is 6.64. The van der Waals surface area contributed by atoms with Gasteiger partial charge in [-0.2, -0.15) is 0 Å². The van der Waals surface area contributed by atoms with E-state index in [1.807, 2.05) is 38.2 Å². The van der Waals surface area contributed by atoms with E-state index in [1.54, 1.807) is 7.11 Å². The molecule has 0 aliphatic carbocycles. The summed E-state index contributed by atoms with van der Waals surface area (Å²) in [5, 5.41) is 0. The Morgan fingerprint density at radius 2 is 1.85 bits per heavy atom. The number of hydrogen-bond donors (Lipinski definition) is 1. The van der Waals surface area contributed by atoms with Gasteiger partial charge in [-0.15, -0.1) is 0 Å². The first-order valence-electron chi connectivity index (χ1n) is 6.64. The van der Waals surface area contributed by atoms with Crippen molar-refractivity contribution >= 4 is 5.82 Å². The SMILES string of the molecule is COc1ccc(CN(C)c2cc(CN)cc(C)n2)cc1. The highest BCUT2D eigenvalue weighted by Crippen LogP contribution is 2.17. The maximum atomic E-state index is 5.71. The number of aryl methyl sites for hydroxylation is 1. The van der Waals surface area contributed by atoms with Crippen LogP contribution in [0.5, 0.6) is 5.75 Å². The van der Waals surface area contributed by atoms with Gasteiger partial charge in [0, 0.05) is 25.8 Å².